The standard InChI is InChI=1S/C9H16O5/c1-4-12-5-9(14-8(3)11)6-13-7(2)10/h9H,4-6H2,1-3H3. The summed E-state index contributed by atoms with van der Waals surface area (Å²) >= 11 is 0. The fourth-order valence-corrected chi connectivity index (χ4v) is 0.810. The lowest BCUT2D eigenvalue weighted by Crippen LogP contribution is -2.28. The van der Waals surface area contributed by atoms with E-state index in [-0.39, 0.29) is 13.2 Å². The maximum absolute atomic E-state index is 10.6. The zero-order chi connectivity index (χ0) is 11.0. The van der Waals surface area contributed by atoms with Gasteiger partial charge in [-0.3, -0.25) is 9.59 Å². The smallest absolute Gasteiger partial charge is 0.303 e. The molecular formula is C9H16O5. The Morgan fingerprint density at radius 3 is 2.21 bits per heavy atom. The van der Waals surface area contributed by atoms with Crippen molar-refractivity contribution in [1.82, 2.24) is 0 Å². The van der Waals surface area contributed by atoms with Crippen LogP contribution in [0.2, 0.25) is 0 Å². The Labute approximate surface area is 83.3 Å². The molecule has 82 valence electrons. The highest BCUT2D eigenvalue weighted by Gasteiger charge is 2.13. The lowest BCUT2D eigenvalue weighted by molar-refractivity contribution is -0.159. The molecule has 0 aliphatic rings. The molecule has 0 rings (SSSR count). The maximum Gasteiger partial charge on any atom is 0.303 e. The highest BCUT2D eigenvalue weighted by molar-refractivity contribution is 5.67. The zero-order valence-electron chi connectivity index (χ0n) is 8.74. The molecule has 0 aromatic heterocycles. The van der Waals surface area contributed by atoms with E-state index < -0.39 is 18.0 Å². The molecule has 0 aliphatic carbocycles. The molecule has 1 unspecified atom stereocenters. The zero-order valence-corrected chi connectivity index (χ0v) is 8.74. The molecule has 0 aliphatic heterocycles. The van der Waals surface area contributed by atoms with Crippen molar-refractivity contribution in [3.63, 3.8) is 0 Å². The summed E-state index contributed by atoms with van der Waals surface area (Å²) in [6, 6.07) is 0. The Balaban J connectivity index is 3.83. The minimum absolute atomic E-state index is 0.0366. The molecule has 0 saturated heterocycles. The van der Waals surface area contributed by atoms with Gasteiger partial charge in [0.2, 0.25) is 0 Å². The van der Waals surface area contributed by atoms with Crippen LogP contribution >= 0.6 is 0 Å². The van der Waals surface area contributed by atoms with Gasteiger partial charge in [-0.2, -0.15) is 0 Å². The molecule has 0 radical (unpaired) electrons. The highest BCUT2D eigenvalue weighted by atomic mass is 16.6. The van der Waals surface area contributed by atoms with Crippen LogP contribution in [0.15, 0.2) is 0 Å². The van der Waals surface area contributed by atoms with Gasteiger partial charge in [0.15, 0.2) is 6.10 Å². The summed E-state index contributed by atoms with van der Waals surface area (Å²) in [7, 11) is 0. The molecule has 0 amide bonds. The van der Waals surface area contributed by atoms with Gasteiger partial charge in [-0.1, -0.05) is 0 Å². The third-order valence-electron chi connectivity index (χ3n) is 1.31. The molecule has 0 aromatic carbocycles. The normalized spacial score (nSPS) is 11.9. The van der Waals surface area contributed by atoms with Gasteiger partial charge in [-0.25, -0.2) is 0 Å². The first kappa shape index (κ1) is 12.9. The third kappa shape index (κ3) is 7.54. The van der Waals surface area contributed by atoms with E-state index in [1.165, 1.54) is 13.8 Å². The third-order valence-corrected chi connectivity index (χ3v) is 1.31. The van der Waals surface area contributed by atoms with Crippen LogP contribution in [-0.2, 0) is 23.8 Å². The van der Waals surface area contributed by atoms with Crippen molar-refractivity contribution in [2.24, 2.45) is 0 Å². The predicted octanol–water partition coefficient (Wildman–Crippen LogP) is 0.518. The summed E-state index contributed by atoms with van der Waals surface area (Å²) in [5.74, 6) is -0.819. The van der Waals surface area contributed by atoms with Crippen molar-refractivity contribution < 1.29 is 23.8 Å². The maximum atomic E-state index is 10.6. The molecule has 0 bridgehead atoms. The van der Waals surface area contributed by atoms with Crippen LogP contribution in [0.3, 0.4) is 0 Å². The summed E-state index contributed by atoms with van der Waals surface area (Å²) in [6.45, 7) is 5.23. The molecule has 0 aromatic rings. The van der Waals surface area contributed by atoms with Crippen LogP contribution in [0, 0.1) is 0 Å². The summed E-state index contributed by atoms with van der Waals surface area (Å²) in [5.41, 5.74) is 0. The number of hydrogen-bond donors (Lipinski definition) is 0. The summed E-state index contributed by atoms with van der Waals surface area (Å²) in [5, 5.41) is 0. The van der Waals surface area contributed by atoms with Gasteiger partial charge < -0.3 is 14.2 Å². The number of ether oxygens (including phenoxy) is 3. The lowest BCUT2D eigenvalue weighted by Gasteiger charge is -2.16. The van der Waals surface area contributed by atoms with Gasteiger partial charge in [0, 0.05) is 20.5 Å². The number of hydrogen-bond acceptors (Lipinski definition) is 5. The number of rotatable bonds is 6. The van der Waals surface area contributed by atoms with Crippen molar-refractivity contribution in [2.75, 3.05) is 19.8 Å². The van der Waals surface area contributed by atoms with Gasteiger partial charge in [-0.15, -0.1) is 0 Å². The van der Waals surface area contributed by atoms with E-state index in [4.69, 9.17) is 14.2 Å². The summed E-state index contributed by atoms with van der Waals surface area (Å²) in [4.78, 5) is 21.1. The average Bonchev–Trinajstić information content (AvgIpc) is 2.09. The molecule has 0 saturated carbocycles. The monoisotopic (exact) mass is 204 g/mol. The summed E-state index contributed by atoms with van der Waals surface area (Å²) in [6.07, 6.45) is -0.517. The number of esters is 2. The van der Waals surface area contributed by atoms with E-state index in [1.807, 2.05) is 6.92 Å². The van der Waals surface area contributed by atoms with Crippen LogP contribution in [0.5, 0.6) is 0 Å². The molecule has 0 heterocycles. The minimum Gasteiger partial charge on any atom is -0.462 e. The average molecular weight is 204 g/mol. The Morgan fingerprint density at radius 2 is 1.79 bits per heavy atom. The van der Waals surface area contributed by atoms with Crippen LogP contribution in [-0.4, -0.2) is 37.9 Å². The minimum atomic E-state index is -0.517. The van der Waals surface area contributed by atoms with E-state index in [0.717, 1.165) is 0 Å². The largest absolute Gasteiger partial charge is 0.462 e. The fraction of sp³-hybridized carbons (Fsp3) is 0.778. The van der Waals surface area contributed by atoms with E-state index >= 15 is 0 Å². The Bertz CT molecular complexity index is 190. The van der Waals surface area contributed by atoms with Gasteiger partial charge in [0.1, 0.15) is 6.61 Å². The SMILES string of the molecule is CCOCC(COC(C)=O)OC(C)=O. The van der Waals surface area contributed by atoms with E-state index in [2.05, 4.69) is 0 Å². The van der Waals surface area contributed by atoms with Crippen LogP contribution in [0.1, 0.15) is 20.8 Å². The van der Waals surface area contributed by atoms with Crippen molar-refractivity contribution >= 4 is 11.9 Å². The van der Waals surface area contributed by atoms with Crippen molar-refractivity contribution in [1.29, 1.82) is 0 Å². The molecule has 1 atom stereocenters. The van der Waals surface area contributed by atoms with E-state index in [1.54, 1.807) is 0 Å². The molecule has 0 spiro atoms. The molecule has 0 N–H and O–H groups in total. The predicted molar refractivity (Wildman–Crippen MR) is 48.7 cm³/mol. The van der Waals surface area contributed by atoms with Gasteiger partial charge in [0.25, 0.3) is 0 Å². The van der Waals surface area contributed by atoms with Crippen molar-refractivity contribution in [3.05, 3.63) is 0 Å². The number of carbonyl (C=O) groups excluding carboxylic acids is 2. The van der Waals surface area contributed by atoms with Crippen LogP contribution < -0.4 is 0 Å². The highest BCUT2D eigenvalue weighted by Crippen LogP contribution is 1.96. The topological polar surface area (TPSA) is 61.8 Å². The van der Waals surface area contributed by atoms with Crippen LogP contribution in [0.4, 0.5) is 0 Å². The Morgan fingerprint density at radius 1 is 1.14 bits per heavy atom. The first-order valence-electron chi connectivity index (χ1n) is 4.44. The van der Waals surface area contributed by atoms with Crippen molar-refractivity contribution in [3.8, 4) is 0 Å². The molecule has 0 fully saturated rings. The van der Waals surface area contributed by atoms with E-state index in [9.17, 15) is 9.59 Å². The fourth-order valence-electron chi connectivity index (χ4n) is 0.810. The quantitative estimate of drug-likeness (QED) is 0.590. The van der Waals surface area contributed by atoms with Gasteiger partial charge >= 0.3 is 11.9 Å². The first-order chi connectivity index (χ1) is 6.56. The second-order valence-electron chi connectivity index (χ2n) is 2.69. The van der Waals surface area contributed by atoms with Crippen LogP contribution in [0.25, 0.3) is 0 Å². The Hall–Kier alpha value is -1.10. The Kier molecular flexibility index (Phi) is 6.74. The van der Waals surface area contributed by atoms with Gasteiger partial charge in [0.05, 0.1) is 6.61 Å². The second kappa shape index (κ2) is 7.32. The number of carbonyl (C=O) groups is 2. The molecular weight excluding hydrogens is 188 g/mol. The van der Waals surface area contributed by atoms with E-state index in [0.29, 0.717) is 6.61 Å². The molecule has 14 heavy (non-hydrogen) atoms. The lowest BCUT2D eigenvalue weighted by atomic mass is 10.4. The molecule has 5 heteroatoms. The first-order valence-corrected chi connectivity index (χ1v) is 4.44. The molecule has 5 nitrogen and oxygen atoms in total. The van der Waals surface area contributed by atoms with Gasteiger partial charge in [-0.05, 0) is 6.92 Å². The van der Waals surface area contributed by atoms with Crippen molar-refractivity contribution in [2.45, 2.75) is 26.9 Å². The second-order valence-corrected chi connectivity index (χ2v) is 2.69. The summed E-state index contributed by atoms with van der Waals surface area (Å²) < 4.78 is 14.6.